The van der Waals surface area contributed by atoms with Crippen LogP contribution in [-0.4, -0.2) is 26.1 Å². The van der Waals surface area contributed by atoms with Gasteiger partial charge in [0.25, 0.3) is 0 Å². The second-order valence-corrected chi connectivity index (χ2v) is 5.81. The first kappa shape index (κ1) is 13.2. The molecule has 0 amide bonds. The van der Waals surface area contributed by atoms with E-state index < -0.39 is 0 Å². The number of hydrogen-bond acceptors (Lipinski definition) is 4. The average Bonchev–Trinajstić information content (AvgIpc) is 3.29. The molecule has 0 N–H and O–H groups in total. The molecule has 1 aliphatic rings. The number of rotatable bonds is 2. The number of fused-ring (bicyclic) bond motifs is 2. The molecule has 116 valence electrons. The SMILES string of the molecule is c1cn(-c2ccc3ncncc3c2)c(-c2ccc3c(c2)CCO3)n1. The molecule has 0 atom stereocenters. The maximum absolute atomic E-state index is 5.59. The maximum atomic E-state index is 5.59. The van der Waals surface area contributed by atoms with E-state index >= 15 is 0 Å². The monoisotopic (exact) mass is 314 g/mol. The van der Waals surface area contributed by atoms with E-state index in [9.17, 15) is 0 Å². The zero-order chi connectivity index (χ0) is 15.9. The minimum Gasteiger partial charge on any atom is -0.493 e. The lowest BCUT2D eigenvalue weighted by molar-refractivity contribution is 0.357. The van der Waals surface area contributed by atoms with Gasteiger partial charge in [-0.05, 0) is 42.0 Å². The van der Waals surface area contributed by atoms with Gasteiger partial charge in [-0.25, -0.2) is 15.0 Å². The van der Waals surface area contributed by atoms with Gasteiger partial charge in [0.2, 0.25) is 0 Å². The number of imidazole rings is 1. The van der Waals surface area contributed by atoms with Crippen LogP contribution in [0.15, 0.2) is 61.3 Å². The highest BCUT2D eigenvalue weighted by atomic mass is 16.5. The van der Waals surface area contributed by atoms with Crippen molar-refractivity contribution in [2.75, 3.05) is 6.61 Å². The summed E-state index contributed by atoms with van der Waals surface area (Å²) in [6, 6.07) is 12.4. The van der Waals surface area contributed by atoms with Crippen molar-refractivity contribution in [3.63, 3.8) is 0 Å². The quantitative estimate of drug-likeness (QED) is 0.569. The molecule has 2 aromatic heterocycles. The largest absolute Gasteiger partial charge is 0.493 e. The van der Waals surface area contributed by atoms with Crippen molar-refractivity contribution in [1.29, 1.82) is 0 Å². The lowest BCUT2D eigenvalue weighted by Gasteiger charge is -2.10. The summed E-state index contributed by atoms with van der Waals surface area (Å²) in [4.78, 5) is 12.9. The molecular weight excluding hydrogens is 300 g/mol. The van der Waals surface area contributed by atoms with Crippen molar-refractivity contribution in [3.05, 3.63) is 66.9 Å². The Balaban J connectivity index is 1.64. The minimum absolute atomic E-state index is 0.762. The van der Waals surface area contributed by atoms with E-state index in [0.717, 1.165) is 46.8 Å². The summed E-state index contributed by atoms with van der Waals surface area (Å²) in [6.45, 7) is 0.762. The fourth-order valence-corrected chi connectivity index (χ4v) is 3.17. The fourth-order valence-electron chi connectivity index (χ4n) is 3.17. The molecule has 5 heteroatoms. The number of ether oxygens (including phenoxy) is 1. The van der Waals surface area contributed by atoms with Crippen LogP contribution in [0, 0.1) is 0 Å². The normalized spacial score (nSPS) is 13.0. The van der Waals surface area contributed by atoms with E-state index in [1.54, 1.807) is 6.33 Å². The van der Waals surface area contributed by atoms with Gasteiger partial charge in [-0.15, -0.1) is 0 Å². The molecule has 1 aliphatic heterocycles. The van der Waals surface area contributed by atoms with Crippen LogP contribution in [0.3, 0.4) is 0 Å². The van der Waals surface area contributed by atoms with Crippen LogP contribution in [-0.2, 0) is 6.42 Å². The van der Waals surface area contributed by atoms with E-state index in [4.69, 9.17) is 4.74 Å². The van der Waals surface area contributed by atoms with Gasteiger partial charge in [0.15, 0.2) is 0 Å². The molecule has 0 saturated carbocycles. The molecule has 2 aromatic carbocycles. The highest BCUT2D eigenvalue weighted by Gasteiger charge is 2.15. The molecule has 0 spiro atoms. The van der Waals surface area contributed by atoms with E-state index in [2.05, 4.69) is 43.8 Å². The Labute approximate surface area is 138 Å². The molecule has 0 unspecified atom stereocenters. The molecule has 0 fully saturated rings. The predicted octanol–water partition coefficient (Wildman–Crippen LogP) is 3.42. The van der Waals surface area contributed by atoms with Crippen molar-refractivity contribution < 1.29 is 4.74 Å². The predicted molar refractivity (Wildman–Crippen MR) is 91.3 cm³/mol. The highest BCUT2D eigenvalue weighted by Crippen LogP contribution is 2.31. The summed E-state index contributed by atoms with van der Waals surface area (Å²) >= 11 is 0. The molecular formula is C19H14N4O. The fraction of sp³-hybridized carbons (Fsp3) is 0.105. The molecule has 0 saturated heterocycles. The number of aromatic nitrogens is 4. The average molecular weight is 314 g/mol. The summed E-state index contributed by atoms with van der Waals surface area (Å²) in [6.07, 6.45) is 8.15. The van der Waals surface area contributed by atoms with Gasteiger partial charge < -0.3 is 4.74 Å². The van der Waals surface area contributed by atoms with Crippen LogP contribution in [0.1, 0.15) is 5.56 Å². The highest BCUT2D eigenvalue weighted by molar-refractivity contribution is 5.80. The van der Waals surface area contributed by atoms with Crippen LogP contribution in [0.5, 0.6) is 5.75 Å². The van der Waals surface area contributed by atoms with E-state index in [1.807, 2.05) is 30.7 Å². The van der Waals surface area contributed by atoms with Crippen molar-refractivity contribution in [3.8, 4) is 22.8 Å². The summed E-state index contributed by atoms with van der Waals surface area (Å²) in [7, 11) is 0. The summed E-state index contributed by atoms with van der Waals surface area (Å²) in [5.74, 6) is 1.90. The molecule has 0 bridgehead atoms. The second kappa shape index (κ2) is 5.16. The number of nitrogens with zero attached hydrogens (tertiary/aromatic N) is 4. The van der Waals surface area contributed by atoms with Crippen LogP contribution in [0.2, 0.25) is 0 Å². The van der Waals surface area contributed by atoms with Crippen LogP contribution < -0.4 is 4.74 Å². The van der Waals surface area contributed by atoms with Crippen LogP contribution in [0.25, 0.3) is 28.0 Å². The van der Waals surface area contributed by atoms with E-state index in [0.29, 0.717) is 0 Å². The first-order valence-corrected chi connectivity index (χ1v) is 7.88. The lowest BCUT2D eigenvalue weighted by Crippen LogP contribution is -1.97. The molecule has 0 aliphatic carbocycles. The van der Waals surface area contributed by atoms with Gasteiger partial charge in [0.1, 0.15) is 17.9 Å². The van der Waals surface area contributed by atoms with Crippen molar-refractivity contribution >= 4 is 10.9 Å². The van der Waals surface area contributed by atoms with Crippen molar-refractivity contribution in [2.24, 2.45) is 0 Å². The maximum Gasteiger partial charge on any atom is 0.144 e. The standard InChI is InChI=1S/C19H14N4O/c1-4-18-13(5-8-24-18)9-14(1)19-21-6-7-23(19)16-2-3-17-15(10-16)11-20-12-22-17/h1-4,6-7,9-12H,5,8H2. The van der Waals surface area contributed by atoms with Gasteiger partial charge >= 0.3 is 0 Å². The molecule has 5 nitrogen and oxygen atoms in total. The zero-order valence-electron chi connectivity index (χ0n) is 12.9. The second-order valence-electron chi connectivity index (χ2n) is 5.81. The Hall–Kier alpha value is -3.21. The van der Waals surface area contributed by atoms with E-state index in [-0.39, 0.29) is 0 Å². The molecule has 24 heavy (non-hydrogen) atoms. The van der Waals surface area contributed by atoms with Crippen LogP contribution >= 0.6 is 0 Å². The molecule has 5 rings (SSSR count). The smallest absolute Gasteiger partial charge is 0.144 e. The summed E-state index contributed by atoms with van der Waals surface area (Å²) in [5, 5.41) is 1.01. The number of benzene rings is 2. The van der Waals surface area contributed by atoms with Crippen LogP contribution in [0.4, 0.5) is 0 Å². The van der Waals surface area contributed by atoms with Gasteiger partial charge in [-0.2, -0.15) is 0 Å². The Morgan fingerprint density at radius 2 is 2.04 bits per heavy atom. The lowest BCUT2D eigenvalue weighted by atomic mass is 10.1. The first-order chi connectivity index (χ1) is 11.9. The molecule has 4 aromatic rings. The Bertz CT molecular complexity index is 1050. The molecule has 0 radical (unpaired) electrons. The third-order valence-electron chi connectivity index (χ3n) is 4.35. The summed E-state index contributed by atoms with van der Waals surface area (Å²) in [5.41, 5.74) is 4.31. The molecule has 3 heterocycles. The Morgan fingerprint density at radius 1 is 1.04 bits per heavy atom. The Kier molecular flexibility index (Phi) is 2.85. The Morgan fingerprint density at radius 3 is 3.04 bits per heavy atom. The first-order valence-electron chi connectivity index (χ1n) is 7.88. The van der Waals surface area contributed by atoms with Crippen molar-refractivity contribution in [1.82, 2.24) is 19.5 Å². The third-order valence-corrected chi connectivity index (χ3v) is 4.35. The third kappa shape index (κ3) is 2.06. The van der Waals surface area contributed by atoms with Gasteiger partial charge in [-0.1, -0.05) is 0 Å². The van der Waals surface area contributed by atoms with Gasteiger partial charge in [0, 0.05) is 41.6 Å². The number of hydrogen-bond donors (Lipinski definition) is 0. The minimum atomic E-state index is 0.762. The summed E-state index contributed by atoms with van der Waals surface area (Å²) < 4.78 is 7.68. The van der Waals surface area contributed by atoms with E-state index in [1.165, 1.54) is 5.56 Å². The zero-order valence-corrected chi connectivity index (χ0v) is 12.9. The van der Waals surface area contributed by atoms with Gasteiger partial charge in [-0.3, -0.25) is 4.57 Å². The topological polar surface area (TPSA) is 52.8 Å². The van der Waals surface area contributed by atoms with Crippen molar-refractivity contribution in [2.45, 2.75) is 6.42 Å². The van der Waals surface area contributed by atoms with Gasteiger partial charge in [0.05, 0.1) is 12.1 Å².